The molecule has 108 valence electrons. The van der Waals surface area contributed by atoms with Gasteiger partial charge in [-0.2, -0.15) is 5.10 Å². The van der Waals surface area contributed by atoms with Crippen molar-refractivity contribution in [3.8, 4) is 0 Å². The van der Waals surface area contributed by atoms with Crippen molar-refractivity contribution in [2.24, 2.45) is 5.10 Å². The molecule has 5 heteroatoms. The number of carbonyl (C=O) groups is 1. The van der Waals surface area contributed by atoms with E-state index < -0.39 is 0 Å². The van der Waals surface area contributed by atoms with E-state index in [1.165, 1.54) is 5.01 Å². The molecule has 2 aromatic rings. The first kappa shape index (κ1) is 13.9. The van der Waals surface area contributed by atoms with Crippen LogP contribution in [0.4, 0.5) is 0 Å². The van der Waals surface area contributed by atoms with E-state index in [0.717, 1.165) is 17.0 Å². The van der Waals surface area contributed by atoms with Crippen LogP contribution in [0.2, 0.25) is 5.02 Å². The van der Waals surface area contributed by atoms with Crippen molar-refractivity contribution in [3.05, 3.63) is 59.0 Å². The Kier molecular flexibility index (Phi) is 3.80. The van der Waals surface area contributed by atoms with E-state index in [0.29, 0.717) is 17.9 Å². The van der Waals surface area contributed by atoms with E-state index in [2.05, 4.69) is 5.10 Å². The second-order valence-electron chi connectivity index (χ2n) is 4.88. The quantitative estimate of drug-likeness (QED) is 0.859. The minimum atomic E-state index is -0.168. The second-order valence-corrected chi connectivity index (χ2v) is 5.32. The average Bonchev–Trinajstić information content (AvgIpc) is 3.16. The number of benzene rings is 1. The topological polar surface area (TPSA) is 45.8 Å². The highest BCUT2D eigenvalue weighted by molar-refractivity contribution is 6.30. The minimum Gasteiger partial charge on any atom is -0.467 e. The molecule has 0 fully saturated rings. The van der Waals surface area contributed by atoms with Gasteiger partial charge in [0.15, 0.2) is 0 Å². The Morgan fingerprint density at radius 3 is 2.76 bits per heavy atom. The molecule has 0 unspecified atom stereocenters. The van der Waals surface area contributed by atoms with Crippen molar-refractivity contribution in [3.63, 3.8) is 0 Å². The molecular weight excluding hydrogens is 288 g/mol. The van der Waals surface area contributed by atoms with Crippen molar-refractivity contribution >= 4 is 23.2 Å². The van der Waals surface area contributed by atoms with Gasteiger partial charge in [0.05, 0.1) is 12.0 Å². The Morgan fingerprint density at radius 2 is 2.14 bits per heavy atom. The summed E-state index contributed by atoms with van der Waals surface area (Å²) in [6.45, 7) is 1.83. The van der Waals surface area contributed by atoms with Crippen LogP contribution in [0.3, 0.4) is 0 Å². The molecule has 1 aromatic carbocycles. The highest BCUT2D eigenvalue weighted by atomic mass is 35.5. The van der Waals surface area contributed by atoms with Gasteiger partial charge < -0.3 is 4.42 Å². The summed E-state index contributed by atoms with van der Waals surface area (Å²) in [5.74, 6) is 0.741. The molecule has 0 N–H and O–H groups in total. The Labute approximate surface area is 128 Å². The molecule has 3 rings (SSSR count). The van der Waals surface area contributed by atoms with Crippen LogP contribution in [0.5, 0.6) is 0 Å². The van der Waals surface area contributed by atoms with Crippen molar-refractivity contribution in [2.75, 3.05) is 0 Å². The number of hydrogen-bond acceptors (Lipinski definition) is 3. The van der Waals surface area contributed by atoms with Crippen LogP contribution in [0.15, 0.2) is 52.2 Å². The van der Waals surface area contributed by atoms with Gasteiger partial charge in [0.1, 0.15) is 11.8 Å². The Hall–Kier alpha value is -2.07. The van der Waals surface area contributed by atoms with Gasteiger partial charge >= 0.3 is 0 Å². The van der Waals surface area contributed by atoms with Crippen molar-refractivity contribution in [2.45, 2.75) is 25.8 Å². The van der Waals surface area contributed by atoms with Gasteiger partial charge in [0, 0.05) is 17.9 Å². The number of carbonyl (C=O) groups excluding carboxylic acids is 1. The fourth-order valence-electron chi connectivity index (χ4n) is 2.42. The third kappa shape index (κ3) is 2.72. The molecule has 0 saturated heterocycles. The summed E-state index contributed by atoms with van der Waals surface area (Å²) < 4.78 is 5.46. The molecule has 21 heavy (non-hydrogen) atoms. The largest absolute Gasteiger partial charge is 0.467 e. The maximum atomic E-state index is 12.1. The van der Waals surface area contributed by atoms with Crippen LogP contribution in [-0.4, -0.2) is 16.6 Å². The maximum Gasteiger partial charge on any atom is 0.243 e. The van der Waals surface area contributed by atoms with E-state index in [9.17, 15) is 4.79 Å². The Bertz CT molecular complexity index is 662. The minimum absolute atomic E-state index is 0.0136. The molecule has 4 nitrogen and oxygen atoms in total. The summed E-state index contributed by atoms with van der Waals surface area (Å²) in [5.41, 5.74) is 1.84. The standard InChI is InChI=1S/C16H15ClN2O2/c1-2-16(20)19-14(15-4-3-9-21-15)10-13(18-19)11-5-7-12(17)8-6-11/h3-9,14H,2,10H2,1H3/t14-/m1/s1. The number of halogens is 1. The van der Waals surface area contributed by atoms with Gasteiger partial charge in [-0.1, -0.05) is 30.7 Å². The third-order valence-electron chi connectivity index (χ3n) is 3.52. The summed E-state index contributed by atoms with van der Waals surface area (Å²) in [6.07, 6.45) is 2.67. The van der Waals surface area contributed by atoms with Crippen LogP contribution in [-0.2, 0) is 4.79 Å². The molecule has 1 amide bonds. The molecule has 0 radical (unpaired) electrons. The normalized spacial score (nSPS) is 17.9. The smallest absolute Gasteiger partial charge is 0.243 e. The maximum absolute atomic E-state index is 12.1. The molecular formula is C16H15ClN2O2. The van der Waals surface area contributed by atoms with E-state index in [4.69, 9.17) is 16.0 Å². The molecule has 1 aromatic heterocycles. The zero-order valence-corrected chi connectivity index (χ0v) is 12.4. The van der Waals surface area contributed by atoms with Crippen LogP contribution in [0.1, 0.15) is 37.1 Å². The number of hydrogen-bond donors (Lipinski definition) is 0. The van der Waals surface area contributed by atoms with E-state index in [-0.39, 0.29) is 11.9 Å². The van der Waals surface area contributed by atoms with Crippen molar-refractivity contribution in [1.82, 2.24) is 5.01 Å². The van der Waals surface area contributed by atoms with Crippen molar-refractivity contribution < 1.29 is 9.21 Å². The number of furan rings is 1. The van der Waals surface area contributed by atoms with Gasteiger partial charge in [-0.3, -0.25) is 4.79 Å². The predicted octanol–water partition coefficient (Wildman–Crippen LogP) is 4.02. The lowest BCUT2D eigenvalue weighted by atomic mass is 10.0. The second kappa shape index (κ2) is 5.74. The summed E-state index contributed by atoms with van der Waals surface area (Å²) >= 11 is 5.91. The average molecular weight is 303 g/mol. The zero-order chi connectivity index (χ0) is 14.8. The SMILES string of the molecule is CCC(=O)N1N=C(c2ccc(Cl)cc2)C[C@@H]1c1ccco1. The van der Waals surface area contributed by atoms with Gasteiger partial charge in [-0.25, -0.2) is 5.01 Å². The van der Waals surface area contributed by atoms with E-state index in [1.807, 2.05) is 43.3 Å². The molecule has 0 saturated carbocycles. The summed E-state index contributed by atoms with van der Waals surface area (Å²) in [7, 11) is 0. The molecule has 1 aliphatic heterocycles. The predicted molar refractivity (Wildman–Crippen MR) is 81.2 cm³/mol. The first-order chi connectivity index (χ1) is 10.2. The molecule has 0 spiro atoms. The van der Waals surface area contributed by atoms with E-state index in [1.54, 1.807) is 6.26 Å². The molecule has 0 aliphatic carbocycles. The molecule has 1 atom stereocenters. The zero-order valence-electron chi connectivity index (χ0n) is 11.6. The Morgan fingerprint density at radius 1 is 1.38 bits per heavy atom. The molecule has 1 aliphatic rings. The summed E-state index contributed by atoms with van der Waals surface area (Å²) in [6, 6.07) is 11.0. The number of hydrazone groups is 1. The lowest BCUT2D eigenvalue weighted by Gasteiger charge is -2.18. The summed E-state index contributed by atoms with van der Waals surface area (Å²) in [4.78, 5) is 12.1. The third-order valence-corrected chi connectivity index (χ3v) is 3.77. The van der Waals surface area contributed by atoms with Crippen molar-refractivity contribution in [1.29, 1.82) is 0 Å². The number of amides is 1. The lowest BCUT2D eigenvalue weighted by Crippen LogP contribution is -2.25. The first-order valence-electron chi connectivity index (χ1n) is 6.88. The molecule has 2 heterocycles. The van der Waals surface area contributed by atoms with Gasteiger partial charge in [0.25, 0.3) is 0 Å². The van der Waals surface area contributed by atoms with Gasteiger partial charge in [-0.15, -0.1) is 0 Å². The van der Waals surface area contributed by atoms with E-state index >= 15 is 0 Å². The van der Waals surface area contributed by atoms with Crippen LogP contribution in [0, 0.1) is 0 Å². The lowest BCUT2D eigenvalue weighted by molar-refractivity contribution is -0.133. The molecule has 0 bridgehead atoms. The summed E-state index contributed by atoms with van der Waals surface area (Å²) in [5, 5.41) is 6.71. The van der Waals surface area contributed by atoms with Crippen LogP contribution in [0.25, 0.3) is 0 Å². The monoisotopic (exact) mass is 302 g/mol. The number of nitrogens with zero attached hydrogens (tertiary/aromatic N) is 2. The van der Waals surface area contributed by atoms with Crippen LogP contribution < -0.4 is 0 Å². The fourth-order valence-corrected chi connectivity index (χ4v) is 2.55. The highest BCUT2D eigenvalue weighted by Gasteiger charge is 2.33. The first-order valence-corrected chi connectivity index (χ1v) is 7.25. The van der Waals surface area contributed by atoms with Gasteiger partial charge in [0.2, 0.25) is 5.91 Å². The fraction of sp³-hybridized carbons (Fsp3) is 0.250. The Balaban J connectivity index is 1.93. The highest BCUT2D eigenvalue weighted by Crippen LogP contribution is 2.33. The van der Waals surface area contributed by atoms with Gasteiger partial charge in [-0.05, 0) is 29.8 Å². The number of rotatable bonds is 3. The van der Waals surface area contributed by atoms with Crippen LogP contribution >= 0.6 is 11.6 Å².